The molecular weight excluding hydrogens is 232 g/mol. The van der Waals surface area contributed by atoms with Crippen LogP contribution >= 0.6 is 0 Å². The smallest absolute Gasteiger partial charge is 0.338 e. The van der Waals surface area contributed by atoms with E-state index >= 15 is 0 Å². The highest BCUT2D eigenvalue weighted by Gasteiger charge is 2.04. The molecule has 1 aromatic carbocycles. The third-order valence-electron chi connectivity index (χ3n) is 1.61. The van der Waals surface area contributed by atoms with Gasteiger partial charge in [0.2, 0.25) is 0 Å². The van der Waals surface area contributed by atoms with E-state index in [2.05, 4.69) is 21.1 Å². The minimum Gasteiger partial charge on any atom is -0.462 e. The van der Waals surface area contributed by atoms with Gasteiger partial charge in [0.15, 0.2) is 0 Å². The summed E-state index contributed by atoms with van der Waals surface area (Å²) >= 11 is 4.57. The Balaban J connectivity index is 2.71. The molecule has 6 heteroatoms. The van der Waals surface area contributed by atoms with E-state index in [1.54, 1.807) is 31.2 Å². The van der Waals surface area contributed by atoms with Crippen LogP contribution in [-0.4, -0.2) is 12.6 Å². The van der Waals surface area contributed by atoms with Crippen LogP contribution in [0.5, 0.6) is 0 Å². The molecule has 1 rings (SSSR count). The zero-order chi connectivity index (χ0) is 11.1. The fraction of sp³-hybridized carbons (Fsp3) is 0.222. The maximum absolute atomic E-state index is 11.3. The molecule has 0 saturated heterocycles. The zero-order valence-electron chi connectivity index (χ0n) is 8.10. The van der Waals surface area contributed by atoms with Crippen molar-refractivity contribution in [3.63, 3.8) is 0 Å². The van der Waals surface area contributed by atoms with Crippen molar-refractivity contribution in [1.29, 1.82) is 0 Å². The molecule has 0 unspecified atom stereocenters. The number of carbonyl (C=O) groups is 1. The van der Waals surface area contributed by atoms with E-state index in [1.807, 2.05) is 0 Å². The summed E-state index contributed by atoms with van der Waals surface area (Å²) in [5, 5.41) is 0. The van der Waals surface area contributed by atoms with Crippen LogP contribution in [0.25, 0.3) is 0 Å². The van der Waals surface area contributed by atoms with Crippen molar-refractivity contribution >= 4 is 33.0 Å². The number of hydrogen-bond donors (Lipinski definition) is 1. The van der Waals surface area contributed by atoms with E-state index in [0.717, 1.165) is 15.8 Å². The lowest BCUT2D eigenvalue weighted by Crippen LogP contribution is -2.04. The van der Waals surface area contributed by atoms with E-state index in [9.17, 15) is 4.79 Å². The monoisotopic (exact) mass is 242 g/mol. The molecule has 0 fully saturated rings. The van der Waals surface area contributed by atoms with E-state index in [-0.39, 0.29) is 5.97 Å². The van der Waals surface area contributed by atoms with Crippen LogP contribution in [-0.2, 0) is 26.0 Å². The average Bonchev–Trinajstić information content (AvgIpc) is 2.27. The second kappa shape index (κ2) is 6.26. The number of carbonyl (C=O) groups excluding carboxylic acids is 1. The number of ether oxygens (including phenoxy) is 1. The summed E-state index contributed by atoms with van der Waals surface area (Å²) in [6, 6.07) is 6.82. The fourth-order valence-electron chi connectivity index (χ4n) is 0.967. The largest absolute Gasteiger partial charge is 0.462 e. The number of rotatable bonds is 4. The van der Waals surface area contributed by atoms with Gasteiger partial charge in [0.05, 0.1) is 28.0 Å². The summed E-state index contributed by atoms with van der Waals surface area (Å²) in [7, 11) is 0.921. The minimum atomic E-state index is -0.321. The molecule has 80 valence electrons. The molecule has 0 heterocycles. The lowest BCUT2D eigenvalue weighted by molar-refractivity contribution is 0.0526. The minimum absolute atomic E-state index is 0.321. The Bertz CT molecular complexity index is 386. The zero-order valence-corrected chi connectivity index (χ0v) is 9.73. The van der Waals surface area contributed by atoms with Crippen LogP contribution in [0.1, 0.15) is 17.3 Å². The maximum atomic E-state index is 11.3. The molecule has 0 spiro atoms. The first-order valence-electron chi connectivity index (χ1n) is 4.30. The van der Waals surface area contributed by atoms with E-state index in [1.165, 1.54) is 0 Å². The summed E-state index contributed by atoms with van der Waals surface area (Å²) in [5.74, 6) is -0.321. The van der Waals surface area contributed by atoms with Crippen LogP contribution in [0.2, 0.25) is 0 Å². The molecule has 0 aromatic heterocycles. The van der Waals surface area contributed by atoms with E-state index in [0.29, 0.717) is 12.2 Å². The Morgan fingerprint density at radius 3 is 2.73 bits per heavy atom. The topological polar surface area (TPSA) is 50.7 Å². The molecule has 15 heavy (non-hydrogen) atoms. The number of anilines is 1. The average molecular weight is 242 g/mol. The lowest BCUT2D eigenvalue weighted by atomic mass is 10.2. The second-order valence-corrected chi connectivity index (χ2v) is 3.35. The Morgan fingerprint density at radius 1 is 1.53 bits per heavy atom. The third-order valence-corrected chi connectivity index (χ3v) is 2.00. The highest BCUT2D eigenvalue weighted by Crippen LogP contribution is 2.10. The first-order valence-corrected chi connectivity index (χ1v) is 6.00. The Morgan fingerprint density at radius 2 is 2.20 bits per heavy atom. The second-order valence-electron chi connectivity index (χ2n) is 2.58. The van der Waals surface area contributed by atoms with Gasteiger partial charge in [0, 0.05) is 11.2 Å². The highest BCUT2D eigenvalue weighted by molar-refractivity contribution is 8.12. The van der Waals surface area contributed by atoms with E-state index < -0.39 is 0 Å². The van der Waals surface area contributed by atoms with Crippen LogP contribution in [0, 0.1) is 0 Å². The quantitative estimate of drug-likeness (QED) is 0.647. The maximum Gasteiger partial charge on any atom is 0.338 e. The molecule has 0 radical (unpaired) electrons. The van der Waals surface area contributed by atoms with Crippen LogP contribution in [0.3, 0.4) is 0 Å². The number of nitrogens with zero attached hydrogens (tertiary/aromatic N) is 1. The summed E-state index contributed by atoms with van der Waals surface area (Å²) in [6.07, 6.45) is 0. The van der Waals surface area contributed by atoms with Crippen molar-refractivity contribution in [2.75, 3.05) is 12.0 Å². The molecule has 0 aliphatic heterocycles. The number of nitrogens with one attached hydrogen (secondary N) is 1. The summed E-state index contributed by atoms with van der Waals surface area (Å²) in [4.78, 5) is 11.3. The van der Waals surface area contributed by atoms with Crippen molar-refractivity contribution in [1.82, 2.24) is 0 Å². The van der Waals surface area contributed by atoms with Crippen molar-refractivity contribution in [2.24, 2.45) is 4.47 Å². The number of esters is 1. The van der Waals surface area contributed by atoms with Crippen LogP contribution < -0.4 is 5.43 Å². The van der Waals surface area contributed by atoms with Gasteiger partial charge in [-0.05, 0) is 31.2 Å². The lowest BCUT2D eigenvalue weighted by Gasteiger charge is -2.02. The number of benzene rings is 1. The van der Waals surface area contributed by atoms with Crippen LogP contribution in [0.4, 0.5) is 5.69 Å². The van der Waals surface area contributed by atoms with Gasteiger partial charge in [-0.1, -0.05) is 0 Å². The fourth-order valence-corrected chi connectivity index (χ4v) is 1.22. The molecule has 4 nitrogen and oxygen atoms in total. The highest BCUT2D eigenvalue weighted by atomic mass is 32.8. The first kappa shape index (κ1) is 11.8. The molecular formula is C9H10N2O2S2. The van der Waals surface area contributed by atoms with Crippen molar-refractivity contribution in [3.05, 3.63) is 29.8 Å². The van der Waals surface area contributed by atoms with Gasteiger partial charge in [0.25, 0.3) is 0 Å². The standard InChI is InChI=1S/C9H10N2O2S2/c1-2-13-9(12)7-3-5-8(6-4-7)10-11-15-14/h3-6,10H,2H2,1H3. The molecule has 0 aliphatic carbocycles. The van der Waals surface area contributed by atoms with Gasteiger partial charge in [-0.2, -0.15) is 0 Å². The van der Waals surface area contributed by atoms with Gasteiger partial charge in [-0.25, -0.2) is 4.79 Å². The summed E-state index contributed by atoms with van der Waals surface area (Å²) < 4.78 is 8.56. The summed E-state index contributed by atoms with van der Waals surface area (Å²) in [6.45, 7) is 2.15. The Labute approximate surface area is 96.0 Å². The molecule has 1 aromatic rings. The van der Waals surface area contributed by atoms with Gasteiger partial charge >= 0.3 is 5.97 Å². The number of hydrogen-bond acceptors (Lipinski definition) is 4. The van der Waals surface area contributed by atoms with Gasteiger partial charge < -0.3 is 4.74 Å². The molecule has 0 aliphatic rings. The molecule has 0 amide bonds. The molecule has 1 N–H and O–H groups in total. The van der Waals surface area contributed by atoms with Crippen molar-refractivity contribution in [3.8, 4) is 0 Å². The van der Waals surface area contributed by atoms with E-state index in [4.69, 9.17) is 4.74 Å². The Kier molecular flexibility index (Phi) is 4.92. The van der Waals surface area contributed by atoms with Crippen molar-refractivity contribution in [2.45, 2.75) is 6.92 Å². The van der Waals surface area contributed by atoms with Gasteiger partial charge in [-0.15, -0.1) is 4.47 Å². The predicted octanol–water partition coefficient (Wildman–Crippen LogP) is 1.92. The van der Waals surface area contributed by atoms with Crippen LogP contribution in [0.15, 0.2) is 28.7 Å². The van der Waals surface area contributed by atoms with Gasteiger partial charge in [-0.3, -0.25) is 5.43 Å². The van der Waals surface area contributed by atoms with Gasteiger partial charge in [0.1, 0.15) is 0 Å². The molecule has 0 bridgehead atoms. The third kappa shape index (κ3) is 3.77. The Hall–Kier alpha value is -1.27. The first-order chi connectivity index (χ1) is 7.27. The predicted molar refractivity (Wildman–Crippen MR) is 63.2 cm³/mol. The SMILES string of the molecule is CCOC(=O)c1ccc(NN=S=S)cc1. The van der Waals surface area contributed by atoms with Crippen molar-refractivity contribution < 1.29 is 9.53 Å². The summed E-state index contributed by atoms with van der Waals surface area (Å²) in [5.41, 5.74) is 4.02. The normalized spacial score (nSPS) is 9.13. The molecule has 0 saturated carbocycles. The molecule has 0 atom stereocenters.